The lowest BCUT2D eigenvalue weighted by atomic mass is 10.5. The van der Waals surface area contributed by atoms with E-state index in [1.165, 1.54) is 47.0 Å². The standard InChI is InChI=1S/C20H38O6S11/c21-11-29-13-31-15-34-19(23)3-7-27-6-2-10-37(26)18-33-16-35-20(24)4-8-28-5-1-9-36(25)17-32-14-30-12-22/h21-22H,1-18H2. The molecule has 0 rings (SSSR count). The fraction of sp³-hybridized carbons (Fsp3) is 0.900. The van der Waals surface area contributed by atoms with Crippen molar-refractivity contribution in [3.63, 3.8) is 0 Å². The minimum absolute atomic E-state index is 0.102. The zero-order chi connectivity index (χ0) is 27.4. The highest BCUT2D eigenvalue weighted by Gasteiger charge is 2.10. The predicted octanol–water partition coefficient (Wildman–Crippen LogP) is 5.34. The van der Waals surface area contributed by atoms with E-state index in [0.717, 1.165) is 51.1 Å². The van der Waals surface area contributed by atoms with Gasteiger partial charge in [-0.1, -0.05) is 47.0 Å². The van der Waals surface area contributed by atoms with Gasteiger partial charge in [-0.2, -0.15) is 23.5 Å². The maximum Gasteiger partial charge on any atom is 0.190 e. The van der Waals surface area contributed by atoms with Gasteiger partial charge in [0.2, 0.25) is 0 Å². The second kappa shape index (κ2) is 32.0. The molecule has 0 aliphatic carbocycles. The zero-order valence-corrected chi connectivity index (χ0v) is 29.7. The van der Waals surface area contributed by atoms with E-state index in [1.54, 1.807) is 58.8 Å². The molecular formula is C20H38O6S11. The van der Waals surface area contributed by atoms with Crippen LogP contribution in [0.1, 0.15) is 25.7 Å². The number of hydrogen-bond donors (Lipinski definition) is 2. The molecule has 0 radical (unpaired) electrons. The van der Waals surface area contributed by atoms with E-state index in [1.807, 2.05) is 0 Å². The first-order valence-electron chi connectivity index (χ1n) is 11.3. The number of aliphatic hydroxyl groups excluding tert-OH is 2. The van der Waals surface area contributed by atoms with Crippen LogP contribution in [-0.4, -0.2) is 106 Å². The van der Waals surface area contributed by atoms with Crippen molar-refractivity contribution in [1.29, 1.82) is 0 Å². The lowest BCUT2D eigenvalue weighted by molar-refractivity contribution is -0.111. The van der Waals surface area contributed by atoms with Crippen molar-refractivity contribution in [3.05, 3.63) is 0 Å². The molecule has 2 atom stereocenters. The number of carbonyl (C=O) groups excluding carboxylic acids is 2. The number of carbonyl (C=O) groups is 2. The van der Waals surface area contributed by atoms with Crippen LogP contribution in [0.2, 0.25) is 0 Å². The van der Waals surface area contributed by atoms with Gasteiger partial charge < -0.3 is 19.3 Å². The summed E-state index contributed by atoms with van der Waals surface area (Å²) in [6.45, 7) is 0. The normalized spacial score (nSPS) is 13.1. The Bertz CT molecular complexity index is 539. The van der Waals surface area contributed by atoms with Gasteiger partial charge in [0.15, 0.2) is 20.4 Å². The second-order valence-corrected chi connectivity index (χ2v) is 21.5. The Balaban J connectivity index is 3.42. The largest absolute Gasteiger partial charge is 0.616 e. The van der Waals surface area contributed by atoms with Gasteiger partial charge in [0.05, 0.1) is 17.0 Å². The third-order valence-corrected chi connectivity index (χ3v) is 17.2. The van der Waals surface area contributed by atoms with E-state index in [2.05, 4.69) is 0 Å². The summed E-state index contributed by atoms with van der Waals surface area (Å²) >= 11 is 12.0. The Kier molecular flexibility index (Phi) is 34.6. The van der Waals surface area contributed by atoms with Crippen LogP contribution in [0.25, 0.3) is 0 Å². The molecule has 17 heteroatoms. The first kappa shape index (κ1) is 40.0. The molecule has 0 aliphatic rings. The molecule has 0 aromatic carbocycles. The monoisotopic (exact) mass is 726 g/mol. The lowest BCUT2D eigenvalue weighted by Gasteiger charge is -2.10. The number of rotatable bonds is 28. The van der Waals surface area contributed by atoms with Crippen LogP contribution in [0.3, 0.4) is 0 Å². The molecule has 0 aromatic heterocycles. The summed E-state index contributed by atoms with van der Waals surface area (Å²) < 4.78 is 23.9. The minimum Gasteiger partial charge on any atom is -0.616 e. The molecule has 0 aliphatic heterocycles. The van der Waals surface area contributed by atoms with Gasteiger partial charge in [-0.15, -0.1) is 35.3 Å². The molecular weight excluding hydrogens is 689 g/mol. The molecule has 2 N–H and O–H groups in total. The average molecular weight is 727 g/mol. The Morgan fingerprint density at radius 1 is 0.568 bits per heavy atom. The first-order valence-corrected chi connectivity index (χ1v) is 24.3. The van der Waals surface area contributed by atoms with Crippen molar-refractivity contribution in [2.24, 2.45) is 0 Å². The van der Waals surface area contributed by atoms with E-state index < -0.39 is 22.4 Å². The van der Waals surface area contributed by atoms with E-state index in [-0.39, 0.29) is 22.1 Å². The third kappa shape index (κ3) is 31.8. The highest BCUT2D eigenvalue weighted by Crippen LogP contribution is 2.21. The van der Waals surface area contributed by atoms with Gasteiger partial charge in [0.1, 0.15) is 11.5 Å². The topological polar surface area (TPSA) is 121 Å². The maximum absolute atomic E-state index is 12.1. The summed E-state index contributed by atoms with van der Waals surface area (Å²) in [6, 6.07) is 0. The molecule has 2 unspecified atom stereocenters. The van der Waals surface area contributed by atoms with Crippen molar-refractivity contribution in [3.8, 4) is 0 Å². The van der Waals surface area contributed by atoms with Crippen molar-refractivity contribution < 1.29 is 28.9 Å². The Labute approximate surface area is 267 Å². The van der Waals surface area contributed by atoms with Crippen LogP contribution in [-0.2, 0) is 31.9 Å². The fourth-order valence-electron chi connectivity index (χ4n) is 2.12. The lowest BCUT2D eigenvalue weighted by Crippen LogP contribution is -2.10. The van der Waals surface area contributed by atoms with Crippen LogP contribution in [0.5, 0.6) is 0 Å². The van der Waals surface area contributed by atoms with Crippen LogP contribution < -0.4 is 0 Å². The molecule has 0 spiro atoms. The number of aliphatic hydroxyl groups is 2. The summed E-state index contributed by atoms with van der Waals surface area (Å²) in [5, 5.41) is 21.8. The Morgan fingerprint density at radius 2 is 1.00 bits per heavy atom. The Morgan fingerprint density at radius 3 is 1.49 bits per heavy atom. The second-order valence-electron chi connectivity index (χ2n) is 6.74. The summed E-state index contributed by atoms with van der Waals surface area (Å²) in [5.41, 5.74) is 0. The van der Waals surface area contributed by atoms with E-state index in [4.69, 9.17) is 10.2 Å². The zero-order valence-electron chi connectivity index (χ0n) is 20.7. The van der Waals surface area contributed by atoms with Crippen molar-refractivity contribution in [2.45, 2.75) is 25.7 Å². The van der Waals surface area contributed by atoms with Gasteiger partial charge in [0, 0.05) is 52.4 Å². The van der Waals surface area contributed by atoms with Crippen LogP contribution in [0.15, 0.2) is 0 Å². The van der Waals surface area contributed by atoms with Crippen LogP contribution in [0.4, 0.5) is 0 Å². The Hall–Kier alpha value is 3.03. The maximum atomic E-state index is 12.1. The molecule has 0 bridgehead atoms. The van der Waals surface area contributed by atoms with Gasteiger partial charge in [-0.25, -0.2) is 0 Å². The summed E-state index contributed by atoms with van der Waals surface area (Å²) in [7, 11) is 0. The molecule has 0 amide bonds. The van der Waals surface area contributed by atoms with Gasteiger partial charge in [0.25, 0.3) is 0 Å². The van der Waals surface area contributed by atoms with Gasteiger partial charge in [-0.05, 0) is 33.9 Å². The molecule has 0 heterocycles. The highest BCUT2D eigenvalue weighted by atomic mass is 32.3. The predicted molar refractivity (Wildman–Crippen MR) is 186 cm³/mol. The molecule has 0 saturated heterocycles. The minimum atomic E-state index is -0.884. The highest BCUT2D eigenvalue weighted by molar-refractivity contribution is 8.27. The van der Waals surface area contributed by atoms with Crippen molar-refractivity contribution in [1.82, 2.24) is 0 Å². The number of hydrogen-bond acceptors (Lipinski definition) is 15. The average Bonchev–Trinajstić information content (AvgIpc) is 2.88. The number of thioether (sulfide) groups is 9. The molecule has 37 heavy (non-hydrogen) atoms. The molecule has 220 valence electrons. The van der Waals surface area contributed by atoms with Gasteiger partial charge >= 0.3 is 0 Å². The summed E-state index contributed by atoms with van der Waals surface area (Å²) in [6.07, 6.45) is 2.83. The molecule has 0 saturated carbocycles. The van der Waals surface area contributed by atoms with Crippen molar-refractivity contribution >= 4 is 138 Å². The van der Waals surface area contributed by atoms with Crippen LogP contribution in [0, 0.1) is 0 Å². The molecule has 0 aromatic rings. The fourth-order valence-corrected chi connectivity index (χ4v) is 14.3. The quantitative estimate of drug-likeness (QED) is 0.0613. The smallest absolute Gasteiger partial charge is 0.190 e. The van der Waals surface area contributed by atoms with E-state index in [9.17, 15) is 18.7 Å². The summed E-state index contributed by atoms with van der Waals surface area (Å²) in [5.74, 6) is 4.94. The molecule has 6 nitrogen and oxygen atoms in total. The summed E-state index contributed by atoms with van der Waals surface area (Å²) in [4.78, 5) is 23.7. The van der Waals surface area contributed by atoms with Crippen molar-refractivity contribution in [2.75, 3.05) is 76.9 Å². The molecule has 0 fully saturated rings. The first-order chi connectivity index (χ1) is 18.0. The SMILES string of the molecule is O=C(CCSCCC[S+]([O-])CSCSC(=O)CCSCCC[S+]([O-])CSCSCO)SCSCSCO. The van der Waals surface area contributed by atoms with Crippen LogP contribution >= 0.6 is 106 Å². The van der Waals surface area contributed by atoms with E-state index in [0.29, 0.717) is 39.6 Å². The van der Waals surface area contributed by atoms with Gasteiger partial charge in [-0.3, -0.25) is 9.59 Å². The van der Waals surface area contributed by atoms with E-state index >= 15 is 0 Å². The third-order valence-electron chi connectivity index (χ3n) is 3.77.